The fourth-order valence-corrected chi connectivity index (χ4v) is 3.43. The van der Waals surface area contributed by atoms with Crippen LogP contribution in [0.2, 0.25) is 5.02 Å². The Morgan fingerprint density at radius 3 is 2.59 bits per heavy atom. The number of hydrogen-bond acceptors (Lipinski definition) is 5. The molecule has 0 spiro atoms. The number of Topliss-reactive ketones (excluding diaryl/α,β-unsaturated/α-hetero) is 1. The molecule has 1 heterocycles. The fourth-order valence-electron chi connectivity index (χ4n) is 1.58. The molecule has 0 fully saturated rings. The van der Waals surface area contributed by atoms with Gasteiger partial charge in [-0.05, 0) is 29.6 Å². The number of rotatable bonds is 5. The second-order valence-corrected chi connectivity index (χ2v) is 7.33. The highest BCUT2D eigenvalue weighted by atomic mass is 35.5. The van der Waals surface area contributed by atoms with Gasteiger partial charge in [0.15, 0.2) is 5.78 Å². The molecule has 2 N–H and O–H groups in total. The topological polar surface area (TPSA) is 92.3 Å². The molecule has 22 heavy (non-hydrogen) atoms. The molecule has 6 nitrogen and oxygen atoms in total. The third-order valence-electron chi connectivity index (χ3n) is 2.45. The van der Waals surface area contributed by atoms with Gasteiger partial charge in [0.25, 0.3) is 0 Å². The molecule has 9 heteroatoms. The second-order valence-electron chi connectivity index (χ2n) is 4.23. The lowest BCUT2D eigenvalue weighted by atomic mass is 10.3. The van der Waals surface area contributed by atoms with Crippen molar-refractivity contribution in [3.63, 3.8) is 0 Å². The van der Waals surface area contributed by atoms with Crippen molar-refractivity contribution in [3.05, 3.63) is 51.7 Å². The third kappa shape index (κ3) is 4.83. The first-order valence-corrected chi connectivity index (χ1v) is 8.90. The van der Waals surface area contributed by atoms with Gasteiger partial charge in [-0.15, -0.1) is 11.3 Å². The van der Waals surface area contributed by atoms with E-state index in [9.17, 15) is 18.0 Å². The first-order valence-electron chi connectivity index (χ1n) is 5.99. The molecule has 116 valence electrons. The molecule has 0 aliphatic rings. The lowest BCUT2D eigenvalue weighted by Crippen LogP contribution is -2.37. The fraction of sp³-hybridized carbons (Fsp3) is 0.0769. The van der Waals surface area contributed by atoms with Crippen LogP contribution < -0.4 is 10.0 Å². The van der Waals surface area contributed by atoms with E-state index in [4.69, 9.17) is 11.6 Å². The highest BCUT2D eigenvalue weighted by Crippen LogP contribution is 2.15. The molecule has 2 amide bonds. The van der Waals surface area contributed by atoms with Gasteiger partial charge in [0.1, 0.15) is 5.75 Å². The summed E-state index contributed by atoms with van der Waals surface area (Å²) in [5.41, 5.74) is 0.338. The second kappa shape index (κ2) is 6.91. The summed E-state index contributed by atoms with van der Waals surface area (Å²) >= 11 is 6.89. The van der Waals surface area contributed by atoms with Crippen molar-refractivity contribution < 1.29 is 18.0 Å². The smallest absolute Gasteiger partial charge is 0.307 e. The lowest BCUT2D eigenvalue weighted by molar-refractivity contribution is 0.102. The van der Waals surface area contributed by atoms with Crippen molar-refractivity contribution in [2.75, 3.05) is 11.1 Å². The number of sulfonamides is 1. The molecule has 2 aromatic rings. The van der Waals surface area contributed by atoms with Gasteiger partial charge in [-0.3, -0.25) is 4.79 Å². The summed E-state index contributed by atoms with van der Waals surface area (Å²) in [6, 6.07) is 8.44. The van der Waals surface area contributed by atoms with Crippen LogP contribution in [-0.4, -0.2) is 26.0 Å². The van der Waals surface area contributed by atoms with Gasteiger partial charge >= 0.3 is 6.03 Å². The molecule has 0 bridgehead atoms. The van der Waals surface area contributed by atoms with Crippen LogP contribution in [0.4, 0.5) is 10.5 Å². The van der Waals surface area contributed by atoms with Crippen LogP contribution in [0, 0.1) is 0 Å². The molecule has 0 saturated heterocycles. The minimum Gasteiger partial charge on any atom is -0.307 e. The first kappa shape index (κ1) is 16.5. The van der Waals surface area contributed by atoms with E-state index in [0.29, 0.717) is 15.6 Å². The van der Waals surface area contributed by atoms with Crippen molar-refractivity contribution in [1.82, 2.24) is 4.72 Å². The Hall–Kier alpha value is -1.90. The molecular weight excluding hydrogens is 348 g/mol. The van der Waals surface area contributed by atoms with Crippen LogP contribution in [0.1, 0.15) is 9.67 Å². The summed E-state index contributed by atoms with van der Waals surface area (Å²) in [5.74, 6) is -1.37. The summed E-state index contributed by atoms with van der Waals surface area (Å²) in [7, 11) is -4.07. The Bertz CT molecular complexity index is 788. The van der Waals surface area contributed by atoms with Crippen molar-refractivity contribution in [2.45, 2.75) is 0 Å². The predicted molar refractivity (Wildman–Crippen MR) is 86.0 cm³/mol. The number of carbonyl (C=O) groups is 2. The van der Waals surface area contributed by atoms with Crippen LogP contribution in [0.15, 0.2) is 41.8 Å². The number of benzene rings is 1. The minimum absolute atomic E-state index is 0.320. The number of urea groups is 1. The van der Waals surface area contributed by atoms with E-state index in [1.165, 1.54) is 12.1 Å². The largest absolute Gasteiger partial charge is 0.332 e. The number of anilines is 1. The number of halogens is 1. The molecular formula is C13H11ClN2O4S2. The maximum absolute atomic E-state index is 11.8. The Balaban J connectivity index is 1.96. The monoisotopic (exact) mass is 358 g/mol. The number of ketones is 1. The summed E-state index contributed by atoms with van der Waals surface area (Å²) in [6.07, 6.45) is 0. The van der Waals surface area contributed by atoms with E-state index >= 15 is 0 Å². The molecule has 0 radical (unpaired) electrons. The van der Waals surface area contributed by atoms with Crippen molar-refractivity contribution in [1.29, 1.82) is 0 Å². The zero-order chi connectivity index (χ0) is 16.2. The summed E-state index contributed by atoms with van der Waals surface area (Å²) in [5, 5.41) is 4.39. The van der Waals surface area contributed by atoms with Crippen LogP contribution in [0.25, 0.3) is 0 Å². The van der Waals surface area contributed by atoms with Crippen LogP contribution in [0.3, 0.4) is 0 Å². The van der Waals surface area contributed by atoms with Gasteiger partial charge in [0.2, 0.25) is 10.0 Å². The molecule has 1 aromatic carbocycles. The maximum Gasteiger partial charge on any atom is 0.332 e. The predicted octanol–water partition coefficient (Wildman–Crippen LogP) is 2.74. The van der Waals surface area contributed by atoms with Crippen LogP contribution in [0.5, 0.6) is 0 Å². The number of hydrogen-bond donors (Lipinski definition) is 2. The van der Waals surface area contributed by atoms with Crippen molar-refractivity contribution in [3.8, 4) is 0 Å². The average molecular weight is 359 g/mol. The number of thiophene rings is 1. The van der Waals surface area contributed by atoms with Gasteiger partial charge in [0.05, 0.1) is 4.88 Å². The standard InChI is InChI=1S/C13H11ClN2O4S2/c14-9-3-1-4-10(7-9)15-13(18)16-22(19,20)8-11(17)12-5-2-6-21-12/h1-7H,8H2,(H2,15,16,18). The Kier molecular flexibility index (Phi) is 5.17. The van der Waals surface area contributed by atoms with E-state index in [2.05, 4.69) is 5.32 Å². The number of amides is 2. The van der Waals surface area contributed by atoms with E-state index in [1.54, 1.807) is 34.4 Å². The van der Waals surface area contributed by atoms with E-state index in [-0.39, 0.29) is 0 Å². The van der Waals surface area contributed by atoms with Gasteiger partial charge < -0.3 is 5.32 Å². The number of nitrogens with one attached hydrogen (secondary N) is 2. The minimum atomic E-state index is -4.07. The lowest BCUT2D eigenvalue weighted by Gasteiger charge is -2.08. The maximum atomic E-state index is 11.8. The molecule has 0 aliphatic carbocycles. The van der Waals surface area contributed by atoms with Gasteiger partial charge in [0, 0.05) is 10.7 Å². The first-order chi connectivity index (χ1) is 10.4. The van der Waals surface area contributed by atoms with Crippen molar-refractivity contribution in [2.24, 2.45) is 0 Å². The normalized spacial score (nSPS) is 11.0. The summed E-state index contributed by atoms with van der Waals surface area (Å²) < 4.78 is 25.4. The summed E-state index contributed by atoms with van der Waals surface area (Å²) in [6.45, 7) is 0. The Morgan fingerprint density at radius 2 is 1.95 bits per heavy atom. The molecule has 1 aromatic heterocycles. The van der Waals surface area contributed by atoms with Crippen molar-refractivity contribution >= 4 is 50.5 Å². The Morgan fingerprint density at radius 1 is 1.18 bits per heavy atom. The number of carbonyl (C=O) groups excluding carboxylic acids is 2. The third-order valence-corrected chi connectivity index (χ3v) is 4.73. The van der Waals surface area contributed by atoms with Gasteiger partial charge in [-0.25, -0.2) is 17.9 Å². The SMILES string of the molecule is O=C(Nc1cccc(Cl)c1)NS(=O)(=O)CC(=O)c1cccs1. The molecule has 0 unspecified atom stereocenters. The highest BCUT2D eigenvalue weighted by Gasteiger charge is 2.21. The molecule has 2 rings (SSSR count). The zero-order valence-corrected chi connectivity index (χ0v) is 13.5. The van der Waals surface area contributed by atoms with E-state index < -0.39 is 27.6 Å². The van der Waals surface area contributed by atoms with Crippen LogP contribution in [-0.2, 0) is 10.0 Å². The molecule has 0 aliphatic heterocycles. The quantitative estimate of drug-likeness (QED) is 0.804. The highest BCUT2D eigenvalue weighted by molar-refractivity contribution is 7.90. The van der Waals surface area contributed by atoms with E-state index in [1.807, 2.05) is 0 Å². The average Bonchev–Trinajstić information content (AvgIpc) is 2.90. The van der Waals surface area contributed by atoms with Gasteiger partial charge in [-0.1, -0.05) is 23.7 Å². The molecule has 0 atom stereocenters. The van der Waals surface area contributed by atoms with Crippen LogP contribution >= 0.6 is 22.9 Å². The molecule has 0 saturated carbocycles. The summed E-state index contributed by atoms with van der Waals surface area (Å²) in [4.78, 5) is 23.7. The zero-order valence-electron chi connectivity index (χ0n) is 11.1. The Labute approximate surface area is 136 Å². The van der Waals surface area contributed by atoms with Gasteiger partial charge in [-0.2, -0.15) is 0 Å². The van der Waals surface area contributed by atoms with E-state index in [0.717, 1.165) is 11.3 Å².